The van der Waals surface area contributed by atoms with Crippen molar-refractivity contribution in [3.63, 3.8) is 0 Å². The van der Waals surface area contributed by atoms with Crippen LogP contribution in [0.25, 0.3) is 16.9 Å². The van der Waals surface area contributed by atoms with Crippen LogP contribution in [-0.4, -0.2) is 16.9 Å². The first kappa shape index (κ1) is 15.6. The van der Waals surface area contributed by atoms with Gasteiger partial charge in [-0.2, -0.15) is 4.57 Å². The van der Waals surface area contributed by atoms with Gasteiger partial charge >= 0.3 is 5.16 Å². The van der Waals surface area contributed by atoms with Gasteiger partial charge in [-0.15, -0.1) is 0 Å². The zero-order valence-electron chi connectivity index (χ0n) is 13.6. The number of aromatic nitrogens is 2. The number of methoxy groups -OCH3 is 1. The van der Waals surface area contributed by atoms with Crippen molar-refractivity contribution in [3.8, 4) is 22.7 Å². The average molecular weight is 358 g/mol. The van der Waals surface area contributed by atoms with E-state index in [0.29, 0.717) is 5.25 Å². The molecule has 0 fully saturated rings. The summed E-state index contributed by atoms with van der Waals surface area (Å²) in [7, 11) is 1.69. The molecule has 1 unspecified atom stereocenters. The number of benzene rings is 2. The van der Waals surface area contributed by atoms with Gasteiger partial charge < -0.3 is 4.74 Å². The van der Waals surface area contributed by atoms with Crippen LogP contribution in [0.3, 0.4) is 0 Å². The molecule has 1 aliphatic rings. The Kier molecular flexibility index (Phi) is 4.02. The fraction of sp³-hybridized carbons (Fsp3) is 0.211. The highest BCUT2D eigenvalue weighted by Gasteiger charge is 2.34. The maximum atomic E-state index is 6.04. The average Bonchev–Trinajstić information content (AvgIpc) is 3.13. The number of fused-ring (bicyclic) bond motifs is 1. The molecule has 3 nitrogen and oxygen atoms in total. The van der Waals surface area contributed by atoms with Gasteiger partial charge in [0.05, 0.1) is 12.4 Å². The summed E-state index contributed by atoms with van der Waals surface area (Å²) in [6.45, 7) is 3.28. The van der Waals surface area contributed by atoms with E-state index in [0.717, 1.165) is 23.0 Å². The Balaban J connectivity index is 1.83. The van der Waals surface area contributed by atoms with E-state index in [1.54, 1.807) is 7.11 Å². The predicted molar refractivity (Wildman–Crippen MR) is 98.3 cm³/mol. The minimum atomic E-state index is 0.566. The molecule has 122 valence electrons. The molecule has 0 amide bonds. The summed E-state index contributed by atoms with van der Waals surface area (Å²) in [5.74, 6) is 0.870. The number of hydrogen-bond donors (Lipinski definition) is 0. The molecule has 2 heterocycles. The molecule has 0 bridgehead atoms. The van der Waals surface area contributed by atoms with Gasteiger partial charge in [-0.05, 0) is 67.2 Å². The fourth-order valence-electron chi connectivity index (χ4n) is 3.03. The molecule has 0 saturated carbocycles. The quantitative estimate of drug-likeness (QED) is 0.638. The van der Waals surface area contributed by atoms with Gasteiger partial charge in [0.1, 0.15) is 24.2 Å². The highest BCUT2D eigenvalue weighted by Crippen LogP contribution is 2.33. The van der Waals surface area contributed by atoms with Gasteiger partial charge in [-0.3, -0.25) is 0 Å². The number of ether oxygens (including phenoxy) is 1. The Bertz CT molecular complexity index is 872. The van der Waals surface area contributed by atoms with E-state index in [2.05, 4.69) is 46.5 Å². The van der Waals surface area contributed by atoms with Crippen molar-refractivity contribution in [2.75, 3.05) is 7.11 Å². The van der Waals surface area contributed by atoms with Crippen molar-refractivity contribution in [2.45, 2.75) is 23.9 Å². The van der Waals surface area contributed by atoms with Crippen LogP contribution in [0.5, 0.6) is 5.75 Å². The van der Waals surface area contributed by atoms with Gasteiger partial charge in [0, 0.05) is 10.6 Å². The molecule has 1 aliphatic heterocycles. The molecule has 0 spiro atoms. The molecule has 0 aliphatic carbocycles. The van der Waals surface area contributed by atoms with Crippen molar-refractivity contribution in [3.05, 3.63) is 59.8 Å². The smallest absolute Gasteiger partial charge is 0.324 e. The lowest BCUT2D eigenvalue weighted by Crippen LogP contribution is -2.35. The maximum absolute atomic E-state index is 6.04. The number of halogens is 1. The van der Waals surface area contributed by atoms with Gasteiger partial charge in [0.15, 0.2) is 5.69 Å². The molecule has 2 aromatic carbocycles. The molecule has 1 aromatic heterocycles. The van der Waals surface area contributed by atoms with Crippen LogP contribution in [0, 0.1) is 0 Å². The molecule has 5 heteroatoms. The highest BCUT2D eigenvalue weighted by molar-refractivity contribution is 7.99. The monoisotopic (exact) mass is 357 g/mol. The number of hydrogen-bond acceptors (Lipinski definition) is 2. The molecule has 1 atom stereocenters. The molecule has 4 rings (SSSR count). The second kappa shape index (κ2) is 6.19. The van der Waals surface area contributed by atoms with E-state index in [9.17, 15) is 0 Å². The van der Waals surface area contributed by atoms with Gasteiger partial charge in [-0.1, -0.05) is 11.6 Å². The minimum absolute atomic E-state index is 0.566. The van der Waals surface area contributed by atoms with Crippen molar-refractivity contribution in [2.24, 2.45) is 0 Å². The molecule has 0 saturated heterocycles. The standard InChI is InChI=1S/C19H18ClN2OS/c1-13-11-22-18(14-3-5-15(20)6-4-14)12-21(19(22)24-13)16-7-9-17(23-2)10-8-16/h3-10,12-13H,11H2,1-2H3/q+1. The lowest BCUT2D eigenvalue weighted by molar-refractivity contribution is -0.715. The molecule has 3 aromatic rings. The van der Waals surface area contributed by atoms with Crippen molar-refractivity contribution < 1.29 is 9.30 Å². The Hall–Kier alpha value is -1.91. The third-order valence-corrected chi connectivity index (χ3v) is 5.65. The first-order valence-electron chi connectivity index (χ1n) is 7.88. The Morgan fingerprint density at radius 2 is 1.83 bits per heavy atom. The summed E-state index contributed by atoms with van der Waals surface area (Å²) in [5.41, 5.74) is 3.54. The van der Waals surface area contributed by atoms with Crippen molar-refractivity contribution >= 4 is 23.4 Å². The van der Waals surface area contributed by atoms with Crippen LogP contribution in [0.15, 0.2) is 59.9 Å². The number of rotatable bonds is 3. The minimum Gasteiger partial charge on any atom is -0.497 e. The van der Waals surface area contributed by atoms with Crippen LogP contribution >= 0.6 is 23.4 Å². The lowest BCUT2D eigenvalue weighted by atomic mass is 10.1. The lowest BCUT2D eigenvalue weighted by Gasteiger charge is -2.01. The fourth-order valence-corrected chi connectivity index (χ4v) is 4.31. The first-order valence-corrected chi connectivity index (χ1v) is 9.13. The third-order valence-electron chi connectivity index (χ3n) is 4.22. The second-order valence-electron chi connectivity index (χ2n) is 5.91. The summed E-state index contributed by atoms with van der Waals surface area (Å²) in [6.07, 6.45) is 2.21. The molecule has 0 radical (unpaired) electrons. The number of nitrogens with zero attached hydrogens (tertiary/aromatic N) is 2. The summed E-state index contributed by atoms with van der Waals surface area (Å²) in [4.78, 5) is 0. The summed E-state index contributed by atoms with van der Waals surface area (Å²) < 4.78 is 9.92. The van der Waals surface area contributed by atoms with E-state index >= 15 is 0 Å². The van der Waals surface area contributed by atoms with Crippen molar-refractivity contribution in [1.82, 2.24) is 4.57 Å². The largest absolute Gasteiger partial charge is 0.497 e. The summed E-state index contributed by atoms with van der Waals surface area (Å²) in [5, 5.41) is 2.59. The van der Waals surface area contributed by atoms with Crippen molar-refractivity contribution in [1.29, 1.82) is 0 Å². The van der Waals surface area contributed by atoms with Crippen LogP contribution < -0.4 is 9.30 Å². The van der Waals surface area contributed by atoms with E-state index in [1.807, 2.05) is 36.0 Å². The van der Waals surface area contributed by atoms with Crippen LogP contribution in [0.1, 0.15) is 6.92 Å². The topological polar surface area (TPSA) is 18.0 Å². The number of imidazole rings is 1. The zero-order chi connectivity index (χ0) is 16.7. The SMILES string of the molecule is COc1ccc(-n2cc(-c3ccc(Cl)cc3)[n+]3c2SC(C)C3)cc1. The molecular formula is C19H18ClN2OS+. The Morgan fingerprint density at radius 1 is 1.12 bits per heavy atom. The van der Waals surface area contributed by atoms with Gasteiger partial charge in [-0.25, -0.2) is 4.57 Å². The van der Waals surface area contributed by atoms with Crippen LogP contribution in [0.2, 0.25) is 5.02 Å². The molecule has 24 heavy (non-hydrogen) atoms. The number of thioether (sulfide) groups is 1. The second-order valence-corrected chi connectivity index (χ2v) is 7.75. The summed E-state index contributed by atoms with van der Waals surface area (Å²) >= 11 is 7.95. The Labute approximate surface area is 150 Å². The zero-order valence-corrected chi connectivity index (χ0v) is 15.1. The molecular weight excluding hydrogens is 340 g/mol. The van der Waals surface area contributed by atoms with Gasteiger partial charge in [0.2, 0.25) is 0 Å². The molecule has 0 N–H and O–H groups in total. The van der Waals surface area contributed by atoms with E-state index in [4.69, 9.17) is 16.3 Å². The third kappa shape index (κ3) is 2.70. The van der Waals surface area contributed by atoms with E-state index < -0.39 is 0 Å². The predicted octanol–water partition coefficient (Wildman–Crippen LogP) is 4.59. The van der Waals surface area contributed by atoms with Crippen LogP contribution in [0.4, 0.5) is 0 Å². The van der Waals surface area contributed by atoms with Gasteiger partial charge in [0.25, 0.3) is 0 Å². The van der Waals surface area contributed by atoms with E-state index in [-0.39, 0.29) is 0 Å². The normalized spacial score (nSPS) is 16.2. The van der Waals surface area contributed by atoms with Crippen LogP contribution in [-0.2, 0) is 6.54 Å². The first-order chi connectivity index (χ1) is 11.7. The van der Waals surface area contributed by atoms with E-state index in [1.165, 1.54) is 16.4 Å². The Morgan fingerprint density at radius 3 is 2.50 bits per heavy atom. The maximum Gasteiger partial charge on any atom is 0.324 e. The highest BCUT2D eigenvalue weighted by atomic mass is 35.5. The summed E-state index contributed by atoms with van der Waals surface area (Å²) in [6, 6.07) is 16.2.